The number of rotatable bonds is 6. The lowest BCUT2D eigenvalue weighted by atomic mass is 9.96. The Morgan fingerprint density at radius 2 is 1.86 bits per heavy atom. The third-order valence-electron chi connectivity index (χ3n) is 5.60. The van der Waals surface area contributed by atoms with Crippen molar-refractivity contribution in [3.8, 4) is 0 Å². The molecule has 2 aliphatic rings. The van der Waals surface area contributed by atoms with E-state index >= 15 is 0 Å². The molecule has 0 radical (unpaired) electrons. The molecule has 0 bridgehead atoms. The van der Waals surface area contributed by atoms with Crippen LogP contribution in [-0.2, 0) is 16.1 Å². The number of benzene rings is 1. The van der Waals surface area contributed by atoms with Crippen LogP contribution in [0.3, 0.4) is 0 Å². The summed E-state index contributed by atoms with van der Waals surface area (Å²) in [6.07, 6.45) is 5.14. The van der Waals surface area contributed by atoms with Gasteiger partial charge in [-0.3, -0.25) is 9.59 Å². The molecule has 1 aliphatic heterocycles. The molecule has 1 saturated carbocycles. The SMILES string of the molecule is CN1CC(NCC2CC2)CCCC(C(=O)NCc2cc(F)cc(F)c2)CC1=O. The Balaban J connectivity index is 1.54. The third kappa shape index (κ3) is 6.26. The van der Waals surface area contributed by atoms with Crippen molar-refractivity contribution in [3.05, 3.63) is 35.4 Å². The van der Waals surface area contributed by atoms with Crippen molar-refractivity contribution >= 4 is 11.8 Å². The first kappa shape index (κ1) is 20.7. The molecule has 1 saturated heterocycles. The summed E-state index contributed by atoms with van der Waals surface area (Å²) in [7, 11) is 1.78. The van der Waals surface area contributed by atoms with Gasteiger partial charge in [-0.2, -0.15) is 0 Å². The monoisotopic (exact) mass is 393 g/mol. The quantitative estimate of drug-likeness (QED) is 0.781. The van der Waals surface area contributed by atoms with Crippen molar-refractivity contribution in [2.24, 2.45) is 11.8 Å². The second-order valence-corrected chi connectivity index (χ2v) is 8.15. The zero-order chi connectivity index (χ0) is 20.1. The fourth-order valence-corrected chi connectivity index (χ4v) is 3.70. The van der Waals surface area contributed by atoms with Crippen molar-refractivity contribution in [2.45, 2.75) is 51.1 Å². The van der Waals surface area contributed by atoms with Gasteiger partial charge in [0.1, 0.15) is 11.6 Å². The molecule has 0 aromatic heterocycles. The van der Waals surface area contributed by atoms with Crippen molar-refractivity contribution < 1.29 is 18.4 Å². The normalized spacial score (nSPS) is 23.7. The number of amides is 2. The largest absolute Gasteiger partial charge is 0.352 e. The van der Waals surface area contributed by atoms with Gasteiger partial charge < -0.3 is 15.5 Å². The third-order valence-corrected chi connectivity index (χ3v) is 5.60. The highest BCUT2D eigenvalue weighted by atomic mass is 19.1. The number of carbonyl (C=O) groups is 2. The van der Waals surface area contributed by atoms with Crippen molar-refractivity contribution in [1.82, 2.24) is 15.5 Å². The van der Waals surface area contributed by atoms with E-state index in [4.69, 9.17) is 0 Å². The minimum atomic E-state index is -0.673. The molecule has 1 aliphatic carbocycles. The molecule has 2 fully saturated rings. The minimum Gasteiger partial charge on any atom is -0.352 e. The molecular formula is C21H29F2N3O2. The van der Waals surface area contributed by atoms with E-state index in [1.54, 1.807) is 11.9 Å². The number of nitrogens with one attached hydrogen (secondary N) is 2. The Morgan fingerprint density at radius 3 is 2.54 bits per heavy atom. The van der Waals surface area contributed by atoms with Gasteiger partial charge >= 0.3 is 0 Å². The van der Waals surface area contributed by atoms with Crippen LogP contribution in [0.2, 0.25) is 0 Å². The lowest BCUT2D eigenvalue weighted by Gasteiger charge is -2.24. The van der Waals surface area contributed by atoms with Crippen molar-refractivity contribution in [2.75, 3.05) is 20.1 Å². The van der Waals surface area contributed by atoms with Gasteiger partial charge in [0, 0.05) is 44.6 Å². The number of halogens is 2. The molecule has 7 heteroatoms. The van der Waals surface area contributed by atoms with Crippen LogP contribution >= 0.6 is 0 Å². The molecule has 1 aromatic carbocycles. The molecule has 154 valence electrons. The van der Waals surface area contributed by atoms with Gasteiger partial charge in [-0.1, -0.05) is 6.42 Å². The maximum absolute atomic E-state index is 13.3. The average Bonchev–Trinajstić information content (AvgIpc) is 3.45. The Hall–Kier alpha value is -2.02. The molecule has 2 atom stereocenters. The topological polar surface area (TPSA) is 61.4 Å². The fraction of sp³-hybridized carbons (Fsp3) is 0.619. The predicted molar refractivity (Wildman–Crippen MR) is 102 cm³/mol. The maximum Gasteiger partial charge on any atom is 0.223 e. The van der Waals surface area contributed by atoms with E-state index in [1.165, 1.54) is 25.0 Å². The van der Waals surface area contributed by atoms with Gasteiger partial charge in [0.15, 0.2) is 0 Å². The smallest absolute Gasteiger partial charge is 0.223 e. The zero-order valence-corrected chi connectivity index (χ0v) is 16.3. The van der Waals surface area contributed by atoms with Crippen LogP contribution in [0.1, 0.15) is 44.1 Å². The second-order valence-electron chi connectivity index (χ2n) is 8.15. The molecule has 2 amide bonds. The van der Waals surface area contributed by atoms with Crippen molar-refractivity contribution in [1.29, 1.82) is 0 Å². The van der Waals surface area contributed by atoms with Gasteiger partial charge in [0.05, 0.1) is 0 Å². The second kappa shape index (κ2) is 9.45. The van der Waals surface area contributed by atoms with Crippen LogP contribution in [-0.4, -0.2) is 42.9 Å². The molecule has 1 heterocycles. The van der Waals surface area contributed by atoms with Gasteiger partial charge in [0.25, 0.3) is 0 Å². The number of hydrogen-bond donors (Lipinski definition) is 2. The molecule has 1 aromatic rings. The summed E-state index contributed by atoms with van der Waals surface area (Å²) in [6.45, 7) is 1.70. The van der Waals surface area contributed by atoms with Crippen LogP contribution < -0.4 is 10.6 Å². The van der Waals surface area contributed by atoms with E-state index in [0.29, 0.717) is 18.5 Å². The summed E-state index contributed by atoms with van der Waals surface area (Å²) < 4.78 is 26.6. The number of likely N-dealkylation sites (N-methyl/N-ethyl adjacent to an activating group) is 1. The van der Waals surface area contributed by atoms with Gasteiger partial charge in [-0.15, -0.1) is 0 Å². The van der Waals surface area contributed by atoms with E-state index in [0.717, 1.165) is 31.4 Å². The van der Waals surface area contributed by atoms with Crippen LogP contribution in [0.25, 0.3) is 0 Å². The standard InChI is InChI=1S/C21H29F2N3O2/c1-26-13-19(24-11-14-5-6-14)4-2-3-16(9-20(26)27)21(28)25-12-15-7-17(22)10-18(23)8-15/h7-8,10,14,16,19,24H,2-6,9,11-13H2,1H3,(H,25,28). The first-order chi connectivity index (χ1) is 13.4. The summed E-state index contributed by atoms with van der Waals surface area (Å²) in [5.74, 6) is -1.27. The van der Waals surface area contributed by atoms with Gasteiger partial charge in [0.2, 0.25) is 11.8 Å². The van der Waals surface area contributed by atoms with Gasteiger partial charge in [-0.25, -0.2) is 8.78 Å². The van der Waals surface area contributed by atoms with Crippen LogP contribution in [0.4, 0.5) is 8.78 Å². The number of carbonyl (C=O) groups excluding carboxylic acids is 2. The minimum absolute atomic E-state index is 0.0413. The Labute approximate surface area is 164 Å². The molecule has 2 N–H and O–H groups in total. The van der Waals surface area contributed by atoms with E-state index in [9.17, 15) is 18.4 Å². The number of hydrogen-bond acceptors (Lipinski definition) is 3. The zero-order valence-electron chi connectivity index (χ0n) is 16.3. The molecule has 28 heavy (non-hydrogen) atoms. The summed E-state index contributed by atoms with van der Waals surface area (Å²) in [5, 5.41) is 6.29. The highest BCUT2D eigenvalue weighted by Crippen LogP contribution is 2.28. The predicted octanol–water partition coefficient (Wildman–Crippen LogP) is 2.60. The highest BCUT2D eigenvalue weighted by molar-refractivity contribution is 5.85. The summed E-state index contributed by atoms with van der Waals surface area (Å²) >= 11 is 0. The van der Waals surface area contributed by atoms with Crippen LogP contribution in [0, 0.1) is 23.5 Å². The van der Waals surface area contributed by atoms with Crippen LogP contribution in [0.15, 0.2) is 18.2 Å². The van der Waals surface area contributed by atoms with E-state index < -0.39 is 17.6 Å². The summed E-state index contributed by atoms with van der Waals surface area (Å²) in [5.41, 5.74) is 0.363. The van der Waals surface area contributed by atoms with Gasteiger partial charge in [-0.05, 0) is 55.8 Å². The molecule has 0 spiro atoms. The molecule has 2 unspecified atom stereocenters. The van der Waals surface area contributed by atoms with E-state index in [-0.39, 0.29) is 30.8 Å². The summed E-state index contributed by atoms with van der Waals surface area (Å²) in [6, 6.07) is 3.45. The molecular weight excluding hydrogens is 364 g/mol. The Kier molecular flexibility index (Phi) is 6.99. The first-order valence-corrected chi connectivity index (χ1v) is 10.1. The Morgan fingerprint density at radius 1 is 1.14 bits per heavy atom. The summed E-state index contributed by atoms with van der Waals surface area (Å²) in [4.78, 5) is 26.8. The Bertz CT molecular complexity index is 689. The van der Waals surface area contributed by atoms with Crippen molar-refractivity contribution in [3.63, 3.8) is 0 Å². The van der Waals surface area contributed by atoms with E-state index in [2.05, 4.69) is 10.6 Å². The molecule has 5 nitrogen and oxygen atoms in total. The fourth-order valence-electron chi connectivity index (χ4n) is 3.70. The highest BCUT2D eigenvalue weighted by Gasteiger charge is 2.28. The lowest BCUT2D eigenvalue weighted by molar-refractivity contribution is -0.135. The molecule has 3 rings (SSSR count). The van der Waals surface area contributed by atoms with Crippen LogP contribution in [0.5, 0.6) is 0 Å². The lowest BCUT2D eigenvalue weighted by Crippen LogP contribution is -2.42. The number of nitrogens with zero attached hydrogens (tertiary/aromatic N) is 1. The first-order valence-electron chi connectivity index (χ1n) is 10.1. The average molecular weight is 393 g/mol. The van der Waals surface area contributed by atoms with E-state index in [1.807, 2.05) is 0 Å². The maximum atomic E-state index is 13.3.